The Kier molecular flexibility index (Phi) is 45.1. The van der Waals surface area contributed by atoms with Gasteiger partial charge < -0.3 is 74.8 Å². The van der Waals surface area contributed by atoms with Gasteiger partial charge in [-0.2, -0.15) is 0 Å². The molecule has 5 rings (SSSR count). The normalized spacial score (nSPS) is 12.3. The third kappa shape index (κ3) is 33.2. The van der Waals surface area contributed by atoms with Crippen LogP contribution < -0.4 is 53.7 Å². The predicted molar refractivity (Wildman–Crippen MR) is 449 cm³/mol. The van der Waals surface area contributed by atoms with Crippen LogP contribution in [0.4, 0.5) is 28.4 Å². The molecule has 5 aromatic carbocycles. The summed E-state index contributed by atoms with van der Waals surface area (Å²) >= 11 is 25.7. The average Bonchev–Trinajstić information content (AvgIpc) is 0.794. The van der Waals surface area contributed by atoms with Crippen molar-refractivity contribution in [2.24, 2.45) is 0 Å². The number of anilines is 5. The summed E-state index contributed by atoms with van der Waals surface area (Å²) in [4.78, 5) is 70.1. The zero-order valence-corrected chi connectivity index (χ0v) is 72.2. The number of rotatable bonds is 43. The molecule has 588 valence electrons. The lowest BCUT2D eigenvalue weighted by Crippen LogP contribution is -2.31. The molecule has 0 aliphatic heterocycles. The second-order valence-electron chi connectivity index (χ2n) is 31.5. The first-order valence-corrected chi connectivity index (χ1v) is 39.2. The van der Waals surface area contributed by atoms with Crippen LogP contribution in [0.15, 0.2) is 24.0 Å². The quantitative estimate of drug-likeness (QED) is 0.0182. The lowest BCUT2D eigenvalue weighted by atomic mass is 9.83. The van der Waals surface area contributed by atoms with Crippen molar-refractivity contribution < 1.29 is 23.7 Å². The molecule has 0 radical (unpaired) electrons. The van der Waals surface area contributed by atoms with Gasteiger partial charge in [0.2, 0.25) is 27.1 Å². The number of ether oxygens (including phenoxy) is 5. The molecule has 5 N–H and O–H groups in total. The van der Waals surface area contributed by atoms with Gasteiger partial charge >= 0.3 is 0 Å². The van der Waals surface area contributed by atoms with Crippen LogP contribution in [-0.2, 0) is 50.8 Å². The fourth-order valence-corrected chi connectivity index (χ4v) is 13.7. The van der Waals surface area contributed by atoms with Crippen LogP contribution in [0.25, 0.3) is 0 Å². The van der Waals surface area contributed by atoms with Crippen LogP contribution in [0.3, 0.4) is 0 Å². The van der Waals surface area contributed by atoms with Gasteiger partial charge in [-0.05, 0) is 107 Å². The summed E-state index contributed by atoms with van der Waals surface area (Å²) in [5.74, 6) is 0. The number of nitrogens with zero attached hydrogens (tertiary/aromatic N) is 5. The molecule has 0 amide bonds. The predicted octanol–water partition coefficient (Wildman–Crippen LogP) is 12.8. The molecule has 0 saturated carbocycles. The Hall–Kier alpha value is -3.90. The van der Waals surface area contributed by atoms with E-state index in [0.717, 1.165) is 126 Å². The van der Waals surface area contributed by atoms with Gasteiger partial charge in [0.05, 0.1) is 117 Å². The van der Waals surface area contributed by atoms with Crippen molar-refractivity contribution in [2.75, 3.05) is 226 Å². The lowest BCUT2D eigenvalue weighted by molar-refractivity contribution is 0.113. The Balaban J connectivity index is 0.000000644. The molecule has 20 nitrogen and oxygen atoms in total. The molecule has 0 fully saturated rings. The largest absolute Gasteiger partial charge is 0.379 e. The van der Waals surface area contributed by atoms with Crippen molar-refractivity contribution in [1.82, 2.24) is 24.5 Å². The van der Waals surface area contributed by atoms with Crippen LogP contribution in [0.2, 0.25) is 0 Å². The van der Waals surface area contributed by atoms with E-state index in [-0.39, 0.29) is 54.2 Å². The molecular weight excluding hydrogens is 1400 g/mol. The van der Waals surface area contributed by atoms with Gasteiger partial charge in [-0.1, -0.05) is 206 Å². The third-order valence-electron chi connectivity index (χ3n) is 17.1. The zero-order valence-electron chi connectivity index (χ0n) is 68.2. The maximum atomic E-state index is 11.8. The summed E-state index contributed by atoms with van der Waals surface area (Å²) in [5, 5.41) is 15.8. The van der Waals surface area contributed by atoms with E-state index in [2.05, 4.69) is 211 Å². The summed E-state index contributed by atoms with van der Waals surface area (Å²) in [6, 6.07) is 0. The van der Waals surface area contributed by atoms with Gasteiger partial charge in [-0.25, -0.2) is 0 Å². The van der Waals surface area contributed by atoms with Crippen molar-refractivity contribution in [3.8, 4) is 0 Å². The maximum Gasteiger partial charge on any atom is 0.220 e. The molecule has 0 heterocycles. The first-order valence-electron chi connectivity index (χ1n) is 37.2. The number of nitrogens with one attached hydrogen (secondary N) is 5. The summed E-state index contributed by atoms with van der Waals surface area (Å²) in [6.45, 7) is 64.8. The molecule has 0 unspecified atom stereocenters. The molecule has 0 saturated heterocycles. The summed E-state index contributed by atoms with van der Waals surface area (Å²) < 4.78 is 30.2. The number of likely N-dealkylation sites (N-methyl/N-ethyl adjacent to an activating group) is 5. The summed E-state index contributed by atoms with van der Waals surface area (Å²) in [7, 11) is 8.18. The van der Waals surface area contributed by atoms with Gasteiger partial charge in [0.25, 0.3) is 0 Å². The van der Waals surface area contributed by atoms with Gasteiger partial charge in [0.1, 0.15) is 0 Å². The van der Waals surface area contributed by atoms with E-state index in [1.165, 1.54) is 6.42 Å². The fourth-order valence-electron chi connectivity index (χ4n) is 11.1. The highest BCUT2D eigenvalue weighted by Crippen LogP contribution is 2.35. The first kappa shape index (κ1) is 97.1. The lowest BCUT2D eigenvalue weighted by Gasteiger charge is -2.25. The SMILES string of the molecule is CCCN(C)CCOCCNc1c(C(C)(C)C)c(=S)c1=O.CCCN(CC)CCOCCNc1c(C(C)(C)C)c(=S)c1=O.CCN(C)CCOCCNc1c(C(C)(C)C)c(=S)c1=O.CCN(CC)CCOCCNc1c(C(C)(C)C)c(=S)c1=O.CN(C)CCOCCNc1c(C(C)(C)C)c(=S)c1=O. The van der Waals surface area contributed by atoms with Gasteiger partial charge in [0.15, 0.2) is 0 Å². The monoisotopic (exact) mass is 1530 g/mol. The summed E-state index contributed by atoms with van der Waals surface area (Å²) in [5.41, 5.74) is 7.69. The second-order valence-corrected chi connectivity index (χ2v) is 33.5. The van der Waals surface area contributed by atoms with E-state index in [0.29, 0.717) is 130 Å². The molecule has 5 aromatic rings. The molecule has 0 spiro atoms. The Bertz CT molecular complexity index is 3620. The Morgan fingerprint density at radius 1 is 0.282 bits per heavy atom. The van der Waals surface area contributed by atoms with E-state index in [4.69, 9.17) is 84.8 Å². The Morgan fingerprint density at radius 3 is 0.718 bits per heavy atom. The standard InChI is InChI=1S/C17H30N2O2S.2C16H28N2O2S.C15H26N2O2S.C14H24N2O2S/c1-6-9-19(7-2)10-12-21-11-8-18-14-13(17(3,4)5)16(22)15(14)20;1-6-8-18(5)9-11-20-10-7-17-13-12(16(2,3)4)15(21)14(13)19;1-6-18(7-2)9-11-20-10-8-17-13-12(16(3,4)5)15(21)14(13)19;1-6-17(5)8-10-19-9-7-16-12-11(15(2,3)4)14(20)13(12)18;1-14(2,3)10-11(12(17)13(10)19)15-6-8-18-9-7-16(4)5/h18H,6-12H2,1-5H3;2*17H,6-11H2,1-5H3;16H,6-10H2,1-5H3;15H,6-9H2,1-5H3. The minimum atomic E-state index is -0.0873. The maximum absolute atomic E-state index is 11.8. The van der Waals surface area contributed by atoms with Crippen molar-refractivity contribution in [1.29, 1.82) is 0 Å². The molecule has 103 heavy (non-hydrogen) atoms. The van der Waals surface area contributed by atoms with E-state index in [9.17, 15) is 24.0 Å². The Labute approximate surface area is 645 Å². The number of hydrogen-bond donors (Lipinski definition) is 5. The zero-order chi connectivity index (χ0) is 78.8. The first-order chi connectivity index (χ1) is 48.0. The fraction of sp³-hybridized carbons (Fsp3) is 0.744. The molecular formula is C78H136N10O10S5. The summed E-state index contributed by atoms with van der Waals surface area (Å²) in [6.07, 6.45) is 2.32. The Morgan fingerprint density at radius 2 is 0.505 bits per heavy atom. The molecule has 0 aromatic heterocycles. The van der Waals surface area contributed by atoms with Gasteiger partial charge in [-0.3, -0.25) is 24.0 Å². The molecule has 0 bridgehead atoms. The third-order valence-corrected chi connectivity index (χ3v) is 19.0. The van der Waals surface area contributed by atoms with Crippen LogP contribution >= 0.6 is 61.1 Å². The van der Waals surface area contributed by atoms with Crippen LogP contribution in [0.5, 0.6) is 0 Å². The van der Waals surface area contributed by atoms with Crippen molar-refractivity contribution in [3.63, 3.8) is 0 Å². The smallest absolute Gasteiger partial charge is 0.220 e. The van der Waals surface area contributed by atoms with Crippen molar-refractivity contribution in [2.45, 2.75) is 185 Å². The van der Waals surface area contributed by atoms with Crippen molar-refractivity contribution >= 4 is 89.5 Å². The highest BCUT2D eigenvalue weighted by atomic mass is 32.1. The molecule has 0 aliphatic rings. The van der Waals surface area contributed by atoms with Crippen LogP contribution in [0.1, 0.15) is 186 Å². The van der Waals surface area contributed by atoms with Crippen LogP contribution in [-0.4, -0.2) is 223 Å². The van der Waals surface area contributed by atoms with E-state index < -0.39 is 0 Å². The van der Waals surface area contributed by atoms with E-state index >= 15 is 0 Å². The molecule has 25 heteroatoms. The van der Waals surface area contributed by atoms with Crippen LogP contribution in [0, 0.1) is 22.6 Å². The highest BCUT2D eigenvalue weighted by Gasteiger charge is 2.32. The average molecular weight is 1530 g/mol. The minimum absolute atomic E-state index is 0.0278. The van der Waals surface area contributed by atoms with E-state index in [1.54, 1.807) is 0 Å². The van der Waals surface area contributed by atoms with Gasteiger partial charge in [0, 0.05) is 93.3 Å². The topological polar surface area (TPSA) is 208 Å². The minimum Gasteiger partial charge on any atom is -0.379 e. The van der Waals surface area contributed by atoms with E-state index in [1.807, 2.05) is 14.1 Å². The molecule has 0 atom stereocenters. The molecule has 0 aliphatic carbocycles. The van der Waals surface area contributed by atoms with Crippen molar-refractivity contribution in [3.05, 3.63) is 101 Å². The van der Waals surface area contributed by atoms with Gasteiger partial charge in [-0.15, -0.1) is 0 Å². The second kappa shape index (κ2) is 47.8. The highest BCUT2D eigenvalue weighted by molar-refractivity contribution is 7.72. The number of hydrogen-bond acceptors (Lipinski definition) is 25.